The molecule has 1 unspecified atom stereocenters. The molecule has 4 N–H and O–H groups in total. The first-order valence-electron chi connectivity index (χ1n) is 9.73. The van der Waals surface area contributed by atoms with E-state index in [1.807, 2.05) is 0 Å². The number of fused-ring (bicyclic) bond motifs is 1. The zero-order chi connectivity index (χ0) is 24.4. The van der Waals surface area contributed by atoms with Crippen molar-refractivity contribution in [1.29, 1.82) is 0 Å². The minimum atomic E-state index is -1.51. The molecule has 4 heterocycles. The zero-order valence-electron chi connectivity index (χ0n) is 17.6. The number of oxime groups is 1. The maximum absolute atomic E-state index is 13.0. The van der Waals surface area contributed by atoms with Crippen molar-refractivity contribution in [1.82, 2.24) is 15.2 Å². The van der Waals surface area contributed by atoms with Crippen LogP contribution < -0.4 is 11.1 Å². The Balaban J connectivity index is 1.47. The molecule has 1 saturated heterocycles. The van der Waals surface area contributed by atoms with Gasteiger partial charge in [0.15, 0.2) is 16.6 Å². The van der Waals surface area contributed by atoms with Gasteiger partial charge in [0.25, 0.3) is 11.0 Å². The van der Waals surface area contributed by atoms with E-state index in [1.54, 1.807) is 11.4 Å². The number of nitrogens with two attached hydrogens (primary N) is 1. The summed E-state index contributed by atoms with van der Waals surface area (Å²) in [6.45, 7) is 0.129. The van der Waals surface area contributed by atoms with E-state index in [0.717, 1.165) is 23.1 Å². The fraction of sp³-hybridized carbons (Fsp3) is 0.316. The average Bonchev–Trinajstić information content (AvgIpc) is 3.45. The van der Waals surface area contributed by atoms with Gasteiger partial charge in [-0.15, -0.1) is 11.3 Å². The number of nitrogens with one attached hydrogen (secondary N) is 1. The number of furan rings is 1. The molecule has 12 nitrogen and oxygen atoms in total. The predicted octanol–water partition coefficient (Wildman–Crippen LogP) is 0.470. The van der Waals surface area contributed by atoms with E-state index < -0.39 is 34.1 Å². The van der Waals surface area contributed by atoms with Crippen molar-refractivity contribution >= 4 is 61.7 Å². The number of nitrogens with zero attached hydrogens (tertiary/aromatic N) is 3. The summed E-state index contributed by atoms with van der Waals surface area (Å²) in [7, 11) is -0.231. The molecule has 0 saturated carbocycles. The lowest BCUT2D eigenvalue weighted by Gasteiger charge is -2.51. The van der Waals surface area contributed by atoms with Gasteiger partial charge < -0.3 is 30.3 Å². The highest BCUT2D eigenvalue weighted by Crippen LogP contribution is 2.35. The first kappa shape index (κ1) is 24.0. The largest absolute Gasteiger partial charge is 0.477 e. The van der Waals surface area contributed by atoms with Crippen LogP contribution in [0.5, 0.6) is 0 Å². The number of rotatable bonds is 8. The number of nitrogen functional groups attached to an aromatic ring is 1. The summed E-state index contributed by atoms with van der Waals surface area (Å²) in [5.41, 5.74) is 6.14. The Hall–Kier alpha value is -3.17. The number of anilines is 1. The van der Waals surface area contributed by atoms with E-state index in [1.165, 1.54) is 24.3 Å². The number of carbonyl (C=O) groups is 3. The van der Waals surface area contributed by atoms with Crippen LogP contribution in [-0.2, 0) is 25.2 Å². The Morgan fingerprint density at radius 3 is 2.91 bits per heavy atom. The second kappa shape index (κ2) is 9.99. The molecule has 0 aromatic carbocycles. The van der Waals surface area contributed by atoms with E-state index in [-0.39, 0.29) is 51.2 Å². The van der Waals surface area contributed by atoms with Crippen molar-refractivity contribution in [2.24, 2.45) is 5.16 Å². The van der Waals surface area contributed by atoms with Crippen LogP contribution in [0, 0.1) is 0 Å². The van der Waals surface area contributed by atoms with E-state index >= 15 is 0 Å². The van der Waals surface area contributed by atoms with Crippen molar-refractivity contribution in [3.05, 3.63) is 46.5 Å². The number of carboxylic acid groups (broad SMARTS) is 1. The van der Waals surface area contributed by atoms with Crippen molar-refractivity contribution in [3.63, 3.8) is 0 Å². The number of carboxylic acids is 1. The number of aromatic nitrogens is 1. The number of thioether (sulfide) groups is 1. The van der Waals surface area contributed by atoms with Gasteiger partial charge in [-0.25, -0.2) is 9.78 Å². The van der Waals surface area contributed by atoms with Gasteiger partial charge in [0.05, 0.1) is 28.9 Å². The molecule has 34 heavy (non-hydrogen) atoms. The topological polar surface area (TPSA) is 177 Å². The molecule has 1 amide bonds. The number of amides is 1. The van der Waals surface area contributed by atoms with Crippen LogP contribution in [0.3, 0.4) is 0 Å². The third kappa shape index (κ3) is 4.71. The molecule has 2 aromatic rings. The van der Waals surface area contributed by atoms with E-state index in [9.17, 15) is 23.7 Å². The highest BCUT2D eigenvalue weighted by Gasteiger charge is 2.50. The van der Waals surface area contributed by atoms with Crippen molar-refractivity contribution in [2.75, 3.05) is 30.9 Å². The third-order valence-electron chi connectivity index (χ3n) is 5.03. The predicted molar refractivity (Wildman–Crippen MR) is 126 cm³/mol. The van der Waals surface area contributed by atoms with Crippen LogP contribution >= 0.6 is 23.1 Å². The van der Waals surface area contributed by atoms with Crippen LogP contribution in [0.25, 0.3) is 0 Å². The first-order chi connectivity index (χ1) is 16.3. The summed E-state index contributed by atoms with van der Waals surface area (Å²) in [5.74, 6) is -1.62. The summed E-state index contributed by atoms with van der Waals surface area (Å²) in [6.07, 6.45) is 1.37. The molecule has 0 aliphatic carbocycles. The minimum absolute atomic E-state index is 0.00657. The van der Waals surface area contributed by atoms with Gasteiger partial charge in [0.2, 0.25) is 0 Å². The van der Waals surface area contributed by atoms with Gasteiger partial charge in [-0.2, -0.15) is 0 Å². The normalized spacial score (nSPS) is 22.1. The number of aliphatic carboxylic acids is 1. The first-order valence-corrected chi connectivity index (χ1v) is 13.0. The van der Waals surface area contributed by atoms with Gasteiger partial charge in [-0.3, -0.25) is 13.8 Å². The van der Waals surface area contributed by atoms with Crippen LogP contribution in [0.4, 0.5) is 5.13 Å². The highest BCUT2D eigenvalue weighted by molar-refractivity contribution is 8.14. The molecule has 0 radical (unpaired) electrons. The molecule has 2 aliphatic heterocycles. The Kier molecular flexibility index (Phi) is 7.04. The third-order valence-corrected chi connectivity index (χ3v) is 8.42. The minimum Gasteiger partial charge on any atom is -0.477 e. The van der Waals surface area contributed by atoms with Gasteiger partial charge >= 0.3 is 5.97 Å². The average molecular weight is 526 g/mol. The molecule has 0 bridgehead atoms. The summed E-state index contributed by atoms with van der Waals surface area (Å²) in [5, 5.41) is 17.0. The second-order valence-corrected chi connectivity index (χ2v) is 10.5. The summed E-state index contributed by atoms with van der Waals surface area (Å²) >= 11 is 2.01. The smallest absolute Gasteiger partial charge is 0.352 e. The quantitative estimate of drug-likeness (QED) is 0.322. The lowest BCUT2D eigenvalue weighted by molar-refractivity contribution is -0.135. The van der Waals surface area contributed by atoms with Gasteiger partial charge in [0, 0.05) is 17.7 Å². The summed E-state index contributed by atoms with van der Waals surface area (Å²) in [6, 6.07) is 2.51. The second-order valence-electron chi connectivity index (χ2n) is 7.15. The molecule has 180 valence electrons. The SMILES string of the molecule is CO/N=C(\C(=O)N[C@@H]1CN2C(C(=O)O)=C(CSC(=O)c3ccco3)CS(=O)[C@H]12)c1csc(N)n1. The molecule has 3 atom stereocenters. The molecule has 0 spiro atoms. The van der Waals surface area contributed by atoms with E-state index in [4.69, 9.17) is 15.0 Å². The fourth-order valence-corrected chi connectivity index (χ4v) is 6.83. The number of carbonyl (C=O) groups excluding carboxylic acids is 2. The van der Waals surface area contributed by atoms with Gasteiger partial charge in [-0.1, -0.05) is 16.9 Å². The van der Waals surface area contributed by atoms with Crippen LogP contribution in [0.2, 0.25) is 0 Å². The van der Waals surface area contributed by atoms with Gasteiger partial charge in [-0.05, 0) is 17.7 Å². The Morgan fingerprint density at radius 2 is 2.29 bits per heavy atom. The summed E-state index contributed by atoms with van der Waals surface area (Å²) in [4.78, 5) is 47.3. The molecular weight excluding hydrogens is 506 g/mol. The maximum atomic E-state index is 13.0. The van der Waals surface area contributed by atoms with Gasteiger partial charge in [0.1, 0.15) is 23.9 Å². The highest BCUT2D eigenvalue weighted by atomic mass is 32.2. The van der Waals surface area contributed by atoms with Crippen molar-refractivity contribution in [2.45, 2.75) is 11.4 Å². The number of thiazole rings is 1. The summed E-state index contributed by atoms with van der Waals surface area (Å²) < 4.78 is 18.0. The Morgan fingerprint density at radius 1 is 1.50 bits per heavy atom. The lowest BCUT2D eigenvalue weighted by Crippen LogP contribution is -2.70. The molecule has 4 rings (SSSR count). The maximum Gasteiger partial charge on any atom is 0.352 e. The number of hydrogen-bond acceptors (Lipinski definition) is 12. The van der Waals surface area contributed by atoms with Crippen LogP contribution in [-0.4, -0.2) is 78.5 Å². The van der Waals surface area contributed by atoms with Crippen LogP contribution in [0.1, 0.15) is 16.2 Å². The fourth-order valence-electron chi connectivity index (χ4n) is 3.61. The van der Waals surface area contributed by atoms with E-state index in [0.29, 0.717) is 5.57 Å². The van der Waals surface area contributed by atoms with E-state index in [2.05, 4.69) is 15.5 Å². The Labute approximate surface area is 203 Å². The molecule has 1 fully saturated rings. The number of hydrogen-bond donors (Lipinski definition) is 3. The molecule has 2 aromatic heterocycles. The zero-order valence-corrected chi connectivity index (χ0v) is 20.1. The molecule has 2 aliphatic rings. The molecule has 15 heteroatoms. The molecular formula is C19H19N5O7S3. The Bertz CT molecular complexity index is 1210. The van der Waals surface area contributed by atoms with Crippen molar-refractivity contribution < 1.29 is 33.0 Å². The van der Waals surface area contributed by atoms with Crippen molar-refractivity contribution in [3.8, 4) is 0 Å². The van der Waals surface area contributed by atoms with Crippen LogP contribution in [0.15, 0.2) is 44.6 Å². The monoisotopic (exact) mass is 525 g/mol. The lowest BCUT2D eigenvalue weighted by atomic mass is 10.0. The standard InChI is InChI=1S/C19H19N5O7S3/c1-30-23-13(11-7-33-19(20)22-11)15(25)21-10-5-24-14(17(26)27)9(8-34(29)16(10)24)6-32-18(28)12-3-2-4-31-12/h2-4,7,10,16H,5-6,8H2,1H3,(H2,20,22)(H,21,25)(H,26,27)/b23-13-/t10-,16-,34?/m1/s1.